The van der Waals surface area contributed by atoms with Crippen LogP contribution in [-0.2, 0) is 33.3 Å². The quantitative estimate of drug-likeness (QED) is 0.293. The van der Waals surface area contributed by atoms with Crippen LogP contribution in [0.1, 0.15) is 60.3 Å². The lowest BCUT2D eigenvalue weighted by Gasteiger charge is -2.71. The molecule has 47 heavy (non-hydrogen) atoms. The molecule has 2 aliphatic heterocycles. The molecule has 4 aliphatic rings. The lowest BCUT2D eigenvalue weighted by Crippen LogP contribution is -2.87. The van der Waals surface area contributed by atoms with Gasteiger partial charge in [-0.1, -0.05) is 38.4 Å². The molecule has 8 atom stereocenters. The second-order valence-corrected chi connectivity index (χ2v) is 15.1. The van der Waals surface area contributed by atoms with Crippen LogP contribution in [0.5, 0.6) is 5.75 Å². The van der Waals surface area contributed by atoms with E-state index in [4.69, 9.17) is 35.3 Å². The first-order chi connectivity index (χ1) is 22.0. The number of hydrogen-bond acceptors (Lipinski definition) is 11. The van der Waals surface area contributed by atoms with E-state index < -0.39 is 76.2 Å². The van der Waals surface area contributed by atoms with Crippen molar-refractivity contribution in [1.29, 1.82) is 0 Å². The molecule has 4 fully saturated rings. The van der Waals surface area contributed by atoms with Crippen molar-refractivity contribution < 1.29 is 48.3 Å². The van der Waals surface area contributed by atoms with Gasteiger partial charge < -0.3 is 33.9 Å². The van der Waals surface area contributed by atoms with Crippen molar-refractivity contribution in [2.45, 2.75) is 95.4 Å². The van der Waals surface area contributed by atoms with Crippen molar-refractivity contribution in [1.82, 2.24) is 4.90 Å². The number of esters is 2. The summed E-state index contributed by atoms with van der Waals surface area (Å²) in [5.41, 5.74) is -7.81. The molecule has 0 aromatic heterocycles. The van der Waals surface area contributed by atoms with Gasteiger partial charge in [-0.3, -0.25) is 14.5 Å². The normalized spacial score (nSPS) is 38.4. The maximum absolute atomic E-state index is 14.3. The fraction of sp³-hybridized carbons (Fsp3) is 0.686. The fourth-order valence-corrected chi connectivity index (χ4v) is 8.82. The third-order valence-electron chi connectivity index (χ3n) is 11.1. The van der Waals surface area contributed by atoms with Crippen LogP contribution in [0.25, 0.3) is 0 Å². The zero-order chi connectivity index (χ0) is 34.4. The van der Waals surface area contributed by atoms with E-state index in [1.54, 1.807) is 38.1 Å². The maximum atomic E-state index is 14.3. The van der Waals surface area contributed by atoms with Crippen LogP contribution in [0.4, 0.5) is 0 Å². The minimum Gasteiger partial charge on any atom is -0.482 e. The number of Topliss-reactive ketones (excluding diaryl/α,β-unsaturated/α-hetero) is 1. The van der Waals surface area contributed by atoms with Crippen molar-refractivity contribution in [3.05, 3.63) is 41.9 Å². The number of benzene rings is 1. The number of nitrogens with zero attached hydrogens (tertiary/aromatic N) is 1. The van der Waals surface area contributed by atoms with Gasteiger partial charge in [-0.25, -0.2) is 4.79 Å². The van der Waals surface area contributed by atoms with Crippen LogP contribution in [0.15, 0.2) is 36.9 Å². The van der Waals surface area contributed by atoms with Gasteiger partial charge in [-0.2, -0.15) is 0 Å². The van der Waals surface area contributed by atoms with Gasteiger partial charge in [0.25, 0.3) is 0 Å². The topological polar surface area (TPSA) is 141 Å². The minimum atomic E-state index is -2.34. The Labute approximate surface area is 281 Å². The van der Waals surface area contributed by atoms with Gasteiger partial charge in [0.2, 0.25) is 0 Å². The van der Waals surface area contributed by atoms with Gasteiger partial charge in [-0.15, -0.1) is 6.58 Å². The summed E-state index contributed by atoms with van der Waals surface area (Å²) >= 11 is 5.98. The number of fused-ring (bicyclic) bond motifs is 3. The largest absolute Gasteiger partial charge is 0.482 e. The van der Waals surface area contributed by atoms with E-state index >= 15 is 0 Å². The summed E-state index contributed by atoms with van der Waals surface area (Å²) in [7, 11) is 0. The van der Waals surface area contributed by atoms with Crippen LogP contribution < -0.4 is 4.74 Å². The Morgan fingerprint density at radius 3 is 2.38 bits per heavy atom. The number of ketones is 1. The van der Waals surface area contributed by atoms with Crippen molar-refractivity contribution >= 4 is 29.3 Å². The average molecular weight is 678 g/mol. The van der Waals surface area contributed by atoms with Gasteiger partial charge in [-0.05, 0) is 56.4 Å². The second kappa shape index (κ2) is 13.1. The molecule has 2 aliphatic carbocycles. The van der Waals surface area contributed by atoms with Gasteiger partial charge in [0.15, 0.2) is 24.1 Å². The molecule has 12 heteroatoms. The lowest BCUT2D eigenvalue weighted by atomic mass is 9.39. The fourth-order valence-electron chi connectivity index (χ4n) is 8.70. The number of ether oxygens (including phenoxy) is 5. The molecule has 260 valence electrons. The smallest absolute Gasteiger partial charge is 0.344 e. The van der Waals surface area contributed by atoms with Crippen molar-refractivity contribution in [2.24, 2.45) is 16.7 Å². The van der Waals surface area contributed by atoms with Crippen LogP contribution >= 0.6 is 11.6 Å². The summed E-state index contributed by atoms with van der Waals surface area (Å²) in [6.07, 6.45) is -1.73. The Bertz CT molecular complexity index is 1360. The first kappa shape index (κ1) is 35.8. The second-order valence-electron chi connectivity index (χ2n) is 14.7. The standard InChI is InChI=1S/C35H48ClNO10/c1-7-32(4)20-25(39)35(42)33(5)24(38)12-14-31(2,3)29(33)28(45-26(40)13-15-37-16-18-43-19-17-37)30(34(35,6)47-32)46-27(41)21-44-23-10-8-22(36)9-11-23/h7-11,24,28-30,38,42H,1,12-21H2,2-6H3/t24-,28-,29-,30-,32-,33-,34+,35-/m0/s1. The van der Waals surface area contributed by atoms with E-state index in [2.05, 4.69) is 11.5 Å². The average Bonchev–Trinajstić information content (AvgIpc) is 3.02. The van der Waals surface area contributed by atoms with E-state index in [9.17, 15) is 24.6 Å². The number of aliphatic hydroxyl groups excluding tert-OH is 1. The highest BCUT2D eigenvalue weighted by Gasteiger charge is 2.82. The van der Waals surface area contributed by atoms with Crippen molar-refractivity contribution in [3.63, 3.8) is 0 Å². The summed E-state index contributed by atoms with van der Waals surface area (Å²) in [6.45, 7) is 15.0. The molecule has 2 heterocycles. The van der Waals surface area contributed by atoms with E-state index in [1.165, 1.54) is 13.0 Å². The monoisotopic (exact) mass is 677 g/mol. The van der Waals surface area contributed by atoms with Crippen LogP contribution in [0, 0.1) is 16.7 Å². The number of aliphatic hydroxyl groups is 2. The van der Waals surface area contributed by atoms with E-state index in [0.29, 0.717) is 56.5 Å². The number of rotatable bonds is 9. The highest BCUT2D eigenvalue weighted by Crippen LogP contribution is 2.67. The Morgan fingerprint density at radius 1 is 1.09 bits per heavy atom. The highest BCUT2D eigenvalue weighted by molar-refractivity contribution is 6.30. The Hall–Kier alpha value is -2.54. The number of morpholine rings is 1. The summed E-state index contributed by atoms with van der Waals surface area (Å²) < 4.78 is 30.2. The number of halogens is 1. The molecule has 0 bridgehead atoms. The molecule has 2 saturated carbocycles. The molecule has 2 saturated heterocycles. The summed E-state index contributed by atoms with van der Waals surface area (Å²) in [4.78, 5) is 43.7. The Balaban J connectivity index is 1.56. The third-order valence-corrected chi connectivity index (χ3v) is 11.4. The zero-order valence-corrected chi connectivity index (χ0v) is 28.7. The molecule has 0 amide bonds. The molecule has 0 radical (unpaired) electrons. The zero-order valence-electron chi connectivity index (χ0n) is 28.0. The molecule has 11 nitrogen and oxygen atoms in total. The van der Waals surface area contributed by atoms with Gasteiger partial charge in [0, 0.05) is 42.4 Å². The van der Waals surface area contributed by atoms with E-state index in [0.717, 1.165) is 0 Å². The molecule has 1 aromatic rings. The van der Waals surface area contributed by atoms with Gasteiger partial charge >= 0.3 is 11.9 Å². The van der Waals surface area contributed by atoms with E-state index in [1.807, 2.05) is 13.8 Å². The molecule has 0 unspecified atom stereocenters. The van der Waals surface area contributed by atoms with Crippen LogP contribution in [-0.4, -0.2) is 107 Å². The molecule has 1 aromatic carbocycles. The molecule has 2 N–H and O–H groups in total. The first-order valence-electron chi connectivity index (χ1n) is 16.4. The number of carbonyl (C=O) groups excluding carboxylic acids is 3. The van der Waals surface area contributed by atoms with Gasteiger partial charge in [0.1, 0.15) is 17.5 Å². The Kier molecular flexibility index (Phi) is 9.94. The van der Waals surface area contributed by atoms with Crippen molar-refractivity contribution in [2.75, 3.05) is 39.5 Å². The number of carbonyl (C=O) groups is 3. The highest BCUT2D eigenvalue weighted by atomic mass is 35.5. The van der Waals surface area contributed by atoms with E-state index in [-0.39, 0.29) is 12.8 Å². The Morgan fingerprint density at radius 2 is 1.74 bits per heavy atom. The SMILES string of the molecule is C=C[C@@]1(C)CC(=O)[C@]2(O)[C@@]3(C)[C@@H](O)CCC(C)(C)[C@@H]3[C@H](OC(=O)CCN3CCOCC3)[C@H](OC(=O)COc3ccc(Cl)cc3)[C@@]2(C)O1. The summed E-state index contributed by atoms with van der Waals surface area (Å²) in [5.74, 6) is -2.40. The predicted octanol–water partition coefficient (Wildman–Crippen LogP) is 3.51. The third kappa shape index (κ3) is 6.24. The minimum absolute atomic E-state index is 0.0500. The summed E-state index contributed by atoms with van der Waals surface area (Å²) in [6, 6.07) is 6.44. The van der Waals surface area contributed by atoms with Crippen LogP contribution in [0.2, 0.25) is 5.02 Å². The molecular formula is C35H48ClNO10. The van der Waals surface area contributed by atoms with Crippen LogP contribution in [0.3, 0.4) is 0 Å². The first-order valence-corrected chi connectivity index (χ1v) is 16.7. The number of hydrogen-bond donors (Lipinski definition) is 2. The predicted molar refractivity (Wildman–Crippen MR) is 172 cm³/mol. The summed E-state index contributed by atoms with van der Waals surface area (Å²) in [5, 5.41) is 25.1. The lowest BCUT2D eigenvalue weighted by molar-refractivity contribution is -0.371. The van der Waals surface area contributed by atoms with Gasteiger partial charge in [0.05, 0.1) is 31.3 Å². The molecule has 5 rings (SSSR count). The molecule has 0 spiro atoms. The molecular weight excluding hydrogens is 630 g/mol. The van der Waals surface area contributed by atoms with Crippen molar-refractivity contribution in [3.8, 4) is 5.75 Å². The maximum Gasteiger partial charge on any atom is 0.344 e.